The van der Waals surface area contributed by atoms with Crippen molar-refractivity contribution in [2.75, 3.05) is 6.61 Å². The Morgan fingerprint density at radius 3 is 2.60 bits per heavy atom. The highest BCUT2D eigenvalue weighted by atomic mass is 35.5. The summed E-state index contributed by atoms with van der Waals surface area (Å²) in [5, 5.41) is 0.914. The molecular formula is C16H20Cl2O2. The predicted molar refractivity (Wildman–Crippen MR) is 82.7 cm³/mol. The summed E-state index contributed by atoms with van der Waals surface area (Å²) in [6, 6.07) is 3.28. The first-order valence-electron chi connectivity index (χ1n) is 7.20. The second-order valence-corrected chi connectivity index (χ2v) is 6.32. The van der Waals surface area contributed by atoms with Gasteiger partial charge in [-0.15, -0.1) is 0 Å². The molecule has 110 valence electrons. The van der Waals surface area contributed by atoms with E-state index in [2.05, 4.69) is 0 Å². The standard InChI is InChI=1S/C16H20Cl2O2/c1-11-9-13(15(18)10-14(11)17)16(19)20-8-7-12-5-3-2-4-6-12/h9-10,12H,2-8H2,1H3. The highest BCUT2D eigenvalue weighted by Gasteiger charge is 2.16. The van der Waals surface area contributed by atoms with Crippen molar-refractivity contribution in [3.05, 3.63) is 33.3 Å². The summed E-state index contributed by atoms with van der Waals surface area (Å²) in [6.07, 6.45) is 7.43. The first-order chi connectivity index (χ1) is 9.58. The van der Waals surface area contributed by atoms with Crippen LogP contribution < -0.4 is 0 Å². The summed E-state index contributed by atoms with van der Waals surface area (Å²) in [7, 11) is 0. The fraction of sp³-hybridized carbons (Fsp3) is 0.562. The second-order valence-electron chi connectivity index (χ2n) is 5.51. The van der Waals surface area contributed by atoms with E-state index >= 15 is 0 Å². The van der Waals surface area contributed by atoms with Gasteiger partial charge in [-0.3, -0.25) is 0 Å². The lowest BCUT2D eigenvalue weighted by Gasteiger charge is -2.21. The number of rotatable bonds is 4. The Hall–Kier alpha value is -0.730. The molecular weight excluding hydrogens is 295 g/mol. The molecule has 1 aliphatic rings. The normalized spacial score (nSPS) is 16.1. The van der Waals surface area contributed by atoms with Gasteiger partial charge in [0.05, 0.1) is 17.2 Å². The minimum atomic E-state index is -0.356. The molecule has 0 bridgehead atoms. The van der Waals surface area contributed by atoms with Gasteiger partial charge in [-0.25, -0.2) is 4.79 Å². The first-order valence-corrected chi connectivity index (χ1v) is 7.96. The molecule has 4 heteroatoms. The van der Waals surface area contributed by atoms with E-state index in [0.29, 0.717) is 28.1 Å². The fourth-order valence-electron chi connectivity index (χ4n) is 2.69. The zero-order valence-corrected chi connectivity index (χ0v) is 13.3. The van der Waals surface area contributed by atoms with Gasteiger partial charge in [0, 0.05) is 5.02 Å². The van der Waals surface area contributed by atoms with Crippen molar-refractivity contribution >= 4 is 29.2 Å². The van der Waals surface area contributed by atoms with Gasteiger partial charge >= 0.3 is 5.97 Å². The number of ether oxygens (including phenoxy) is 1. The smallest absolute Gasteiger partial charge is 0.339 e. The lowest BCUT2D eigenvalue weighted by molar-refractivity contribution is 0.0475. The summed E-state index contributed by atoms with van der Waals surface area (Å²) in [4.78, 5) is 12.0. The van der Waals surface area contributed by atoms with Crippen LogP contribution in [0.15, 0.2) is 12.1 Å². The molecule has 20 heavy (non-hydrogen) atoms. The number of carbonyl (C=O) groups is 1. The maximum atomic E-state index is 12.0. The van der Waals surface area contributed by atoms with Gasteiger partial charge in [0.1, 0.15) is 0 Å². The average molecular weight is 315 g/mol. The van der Waals surface area contributed by atoms with E-state index in [9.17, 15) is 4.79 Å². The van der Waals surface area contributed by atoms with Crippen LogP contribution in [0.25, 0.3) is 0 Å². The van der Waals surface area contributed by atoms with E-state index in [1.54, 1.807) is 12.1 Å². The van der Waals surface area contributed by atoms with Crippen LogP contribution >= 0.6 is 23.2 Å². The van der Waals surface area contributed by atoms with Gasteiger partial charge in [0.2, 0.25) is 0 Å². The third kappa shape index (κ3) is 4.13. The molecule has 0 spiro atoms. The summed E-state index contributed by atoms with van der Waals surface area (Å²) < 4.78 is 5.34. The van der Waals surface area contributed by atoms with Gasteiger partial charge in [0.25, 0.3) is 0 Å². The molecule has 0 unspecified atom stereocenters. The van der Waals surface area contributed by atoms with Crippen LogP contribution in [0.5, 0.6) is 0 Å². The molecule has 0 atom stereocenters. The van der Waals surface area contributed by atoms with Crippen molar-refractivity contribution in [1.29, 1.82) is 0 Å². The van der Waals surface area contributed by atoms with Crippen LogP contribution in [0, 0.1) is 12.8 Å². The quantitative estimate of drug-likeness (QED) is 0.693. The molecule has 0 heterocycles. The van der Waals surface area contributed by atoms with Crippen molar-refractivity contribution in [2.24, 2.45) is 5.92 Å². The van der Waals surface area contributed by atoms with Gasteiger partial charge in [-0.1, -0.05) is 55.3 Å². The Kier molecular flexibility index (Phi) is 5.74. The van der Waals surface area contributed by atoms with Crippen LogP contribution in [-0.4, -0.2) is 12.6 Å². The second kappa shape index (κ2) is 7.33. The van der Waals surface area contributed by atoms with Crippen LogP contribution in [0.2, 0.25) is 10.0 Å². The highest BCUT2D eigenvalue weighted by Crippen LogP contribution is 2.27. The van der Waals surface area contributed by atoms with Crippen molar-refractivity contribution < 1.29 is 9.53 Å². The molecule has 1 aromatic rings. The Bertz CT molecular complexity index is 480. The van der Waals surface area contributed by atoms with Crippen LogP contribution in [0.4, 0.5) is 0 Å². The van der Waals surface area contributed by atoms with Gasteiger partial charge in [0.15, 0.2) is 0 Å². The summed E-state index contributed by atoms with van der Waals surface area (Å²) >= 11 is 12.0. The topological polar surface area (TPSA) is 26.3 Å². The van der Waals surface area contributed by atoms with E-state index in [4.69, 9.17) is 27.9 Å². The molecule has 0 radical (unpaired) electrons. The summed E-state index contributed by atoms with van der Waals surface area (Å²) in [5.74, 6) is 0.351. The molecule has 0 N–H and O–H groups in total. The zero-order valence-electron chi connectivity index (χ0n) is 11.8. The van der Waals surface area contributed by atoms with E-state index in [1.807, 2.05) is 6.92 Å². The third-order valence-electron chi connectivity index (χ3n) is 3.95. The third-order valence-corrected chi connectivity index (χ3v) is 4.67. The Morgan fingerprint density at radius 1 is 1.20 bits per heavy atom. The molecule has 1 aliphatic carbocycles. The van der Waals surface area contributed by atoms with Crippen LogP contribution in [0.3, 0.4) is 0 Å². The number of esters is 1. The molecule has 0 amide bonds. The molecule has 0 saturated heterocycles. The minimum absolute atomic E-state index is 0.350. The Morgan fingerprint density at radius 2 is 1.90 bits per heavy atom. The van der Waals surface area contributed by atoms with E-state index < -0.39 is 0 Å². The summed E-state index contributed by atoms with van der Waals surface area (Å²) in [5.41, 5.74) is 1.23. The predicted octanol–water partition coefficient (Wildman–Crippen LogP) is 5.43. The van der Waals surface area contributed by atoms with Gasteiger partial charge in [-0.05, 0) is 37.0 Å². The maximum absolute atomic E-state index is 12.0. The summed E-state index contributed by atoms with van der Waals surface area (Å²) in [6.45, 7) is 2.32. The SMILES string of the molecule is Cc1cc(C(=O)OCCC2CCCCC2)c(Cl)cc1Cl. The lowest BCUT2D eigenvalue weighted by Crippen LogP contribution is -2.13. The number of hydrogen-bond donors (Lipinski definition) is 0. The number of halogens is 2. The van der Waals surface area contributed by atoms with Crippen molar-refractivity contribution in [3.63, 3.8) is 0 Å². The monoisotopic (exact) mass is 314 g/mol. The molecule has 0 aliphatic heterocycles. The average Bonchev–Trinajstić information content (AvgIpc) is 2.44. The molecule has 2 nitrogen and oxygen atoms in total. The van der Waals surface area contributed by atoms with Crippen molar-refractivity contribution in [2.45, 2.75) is 45.4 Å². The fourth-order valence-corrected chi connectivity index (χ4v) is 3.15. The number of aryl methyl sites for hydroxylation is 1. The van der Waals surface area contributed by atoms with Crippen molar-refractivity contribution in [1.82, 2.24) is 0 Å². The van der Waals surface area contributed by atoms with E-state index in [-0.39, 0.29) is 5.97 Å². The lowest BCUT2D eigenvalue weighted by atomic mass is 9.87. The molecule has 1 fully saturated rings. The first kappa shape index (κ1) is 15.7. The van der Waals surface area contributed by atoms with Crippen LogP contribution in [0.1, 0.15) is 54.4 Å². The molecule has 0 aromatic heterocycles. The molecule has 1 saturated carbocycles. The Labute approximate surface area is 130 Å². The van der Waals surface area contributed by atoms with Crippen LogP contribution in [-0.2, 0) is 4.74 Å². The minimum Gasteiger partial charge on any atom is -0.462 e. The molecule has 1 aromatic carbocycles. The van der Waals surface area contributed by atoms with Crippen molar-refractivity contribution in [3.8, 4) is 0 Å². The number of hydrogen-bond acceptors (Lipinski definition) is 2. The van der Waals surface area contributed by atoms with Gasteiger partial charge in [-0.2, -0.15) is 0 Å². The number of carbonyl (C=O) groups excluding carboxylic acids is 1. The zero-order chi connectivity index (χ0) is 14.5. The van der Waals surface area contributed by atoms with E-state index in [1.165, 1.54) is 32.1 Å². The Balaban J connectivity index is 1.87. The largest absolute Gasteiger partial charge is 0.462 e. The molecule has 2 rings (SSSR count). The maximum Gasteiger partial charge on any atom is 0.339 e. The highest BCUT2D eigenvalue weighted by molar-refractivity contribution is 6.37. The number of benzene rings is 1. The van der Waals surface area contributed by atoms with E-state index in [0.717, 1.165) is 12.0 Å². The van der Waals surface area contributed by atoms with Gasteiger partial charge < -0.3 is 4.74 Å².